The number of aromatic amines is 1. The summed E-state index contributed by atoms with van der Waals surface area (Å²) in [6.45, 7) is 6.49. The Morgan fingerprint density at radius 3 is 2.54 bits per heavy atom. The zero-order valence-electron chi connectivity index (χ0n) is 21.8. The average molecular weight is 519 g/mol. The molecule has 3 unspecified atom stereocenters. The molecule has 1 aromatic carbocycles. The lowest BCUT2D eigenvalue weighted by atomic mass is 9.96. The maximum absolute atomic E-state index is 13.3. The lowest BCUT2D eigenvalue weighted by molar-refractivity contribution is -0.140. The number of nitrogens with one attached hydrogen (secondary N) is 2. The third kappa shape index (κ3) is 7.51. The number of hydrogen-bond acceptors (Lipinski definition) is 8. The van der Waals surface area contributed by atoms with Crippen LogP contribution in [0.15, 0.2) is 35.6 Å². The van der Waals surface area contributed by atoms with Crippen LogP contribution < -0.4 is 5.32 Å². The first-order valence-electron chi connectivity index (χ1n) is 12.5. The highest BCUT2D eigenvalue weighted by Crippen LogP contribution is 2.20. The number of benzene rings is 1. The number of aliphatic hydroxyl groups excluding tert-OH is 2. The molecule has 0 radical (unpaired) electrons. The van der Waals surface area contributed by atoms with Gasteiger partial charge in [-0.1, -0.05) is 37.2 Å². The van der Waals surface area contributed by atoms with Crippen LogP contribution in [-0.4, -0.2) is 102 Å². The molecule has 1 aliphatic rings. The van der Waals surface area contributed by atoms with Crippen molar-refractivity contribution < 1.29 is 34.1 Å². The number of para-hydroxylation sites is 1. The fourth-order valence-electron chi connectivity index (χ4n) is 4.38. The Bertz CT molecular complexity index is 1060. The number of ether oxygens (including phenoxy) is 2. The van der Waals surface area contributed by atoms with Gasteiger partial charge in [-0.05, 0) is 24.5 Å². The van der Waals surface area contributed by atoms with Crippen molar-refractivity contribution in [2.75, 3.05) is 40.0 Å². The smallest absolute Gasteiger partial charge is 0.261 e. The van der Waals surface area contributed by atoms with E-state index in [9.17, 15) is 19.8 Å². The molecule has 204 valence electrons. The van der Waals surface area contributed by atoms with Crippen molar-refractivity contribution in [3.63, 3.8) is 0 Å². The predicted octanol–water partition coefficient (Wildman–Crippen LogP) is 0.839. The van der Waals surface area contributed by atoms with E-state index in [0.717, 1.165) is 16.5 Å². The lowest BCUT2D eigenvalue weighted by Gasteiger charge is -2.30. The molecule has 2 aromatic rings. The number of fused-ring (bicyclic) bond motifs is 1. The standard InChI is InChI=1S/C26H38N4O7/c1-16(2)25(35-4)23(24(33)17(3)31)29-37-15-22(32)28-21(26(34)30-9-11-36-12-10-30)13-18-14-27-20-8-6-5-7-19(18)20/h5-8,14,16-17,21,24-25,27,31,33H,9-13,15H2,1-4H3,(H,28,32)/b29-23+/t17?,21?,24?,25-/m0/s1. The first-order chi connectivity index (χ1) is 17.7. The van der Waals surface area contributed by atoms with Crippen LogP contribution in [0.3, 0.4) is 0 Å². The number of amides is 2. The van der Waals surface area contributed by atoms with E-state index in [0.29, 0.717) is 32.7 Å². The molecule has 11 nitrogen and oxygen atoms in total. The Labute approximate surface area is 216 Å². The van der Waals surface area contributed by atoms with Crippen LogP contribution in [0.1, 0.15) is 26.3 Å². The van der Waals surface area contributed by atoms with Gasteiger partial charge in [0.2, 0.25) is 5.91 Å². The Hall–Kier alpha value is -2.99. The van der Waals surface area contributed by atoms with Gasteiger partial charge in [-0.2, -0.15) is 0 Å². The minimum atomic E-state index is -1.33. The number of methoxy groups -OCH3 is 1. The Balaban J connectivity index is 1.73. The summed E-state index contributed by atoms with van der Waals surface area (Å²) in [5.41, 5.74) is 1.94. The molecule has 2 heterocycles. The van der Waals surface area contributed by atoms with E-state index in [4.69, 9.17) is 14.3 Å². The maximum Gasteiger partial charge on any atom is 0.261 e. The highest BCUT2D eigenvalue weighted by molar-refractivity contribution is 5.93. The van der Waals surface area contributed by atoms with E-state index in [2.05, 4.69) is 15.5 Å². The number of aromatic nitrogens is 1. The van der Waals surface area contributed by atoms with Crippen LogP contribution in [0.5, 0.6) is 0 Å². The second-order valence-electron chi connectivity index (χ2n) is 9.50. The first kappa shape index (κ1) is 28.6. The van der Waals surface area contributed by atoms with Crippen molar-refractivity contribution in [1.29, 1.82) is 0 Å². The van der Waals surface area contributed by atoms with Gasteiger partial charge in [-0.25, -0.2) is 0 Å². The van der Waals surface area contributed by atoms with Crippen molar-refractivity contribution in [2.24, 2.45) is 11.1 Å². The minimum absolute atomic E-state index is 0.0683. The summed E-state index contributed by atoms with van der Waals surface area (Å²) < 4.78 is 10.8. The molecular formula is C26H38N4O7. The third-order valence-electron chi connectivity index (χ3n) is 6.33. The van der Waals surface area contributed by atoms with Gasteiger partial charge in [-0.3, -0.25) is 9.59 Å². The molecule has 0 saturated carbocycles. The SMILES string of the molecule is CO[C@H](/C(=N/OCC(=O)NC(Cc1c[nH]c2ccccc12)C(=O)N1CCOCC1)C(O)C(C)O)C(C)C. The normalized spacial score (nSPS) is 17.9. The molecule has 4 atom stereocenters. The van der Waals surface area contributed by atoms with Crippen molar-refractivity contribution in [3.05, 3.63) is 36.0 Å². The van der Waals surface area contributed by atoms with Crippen LogP contribution in [0, 0.1) is 5.92 Å². The summed E-state index contributed by atoms with van der Waals surface area (Å²) in [5.74, 6) is -0.809. The summed E-state index contributed by atoms with van der Waals surface area (Å²) >= 11 is 0. The number of hydrogen-bond donors (Lipinski definition) is 4. The highest BCUT2D eigenvalue weighted by atomic mass is 16.6. The molecule has 2 amide bonds. The molecule has 1 saturated heterocycles. The summed E-state index contributed by atoms with van der Waals surface area (Å²) in [5, 5.41) is 27.9. The van der Waals surface area contributed by atoms with Crippen molar-refractivity contribution >= 4 is 28.4 Å². The maximum atomic E-state index is 13.3. The summed E-state index contributed by atoms with van der Waals surface area (Å²) in [4.78, 5) is 36.3. The van der Waals surface area contributed by atoms with E-state index in [-0.39, 0.29) is 17.5 Å². The van der Waals surface area contributed by atoms with Gasteiger partial charge in [0.25, 0.3) is 5.91 Å². The molecule has 0 spiro atoms. The fourth-order valence-corrected chi connectivity index (χ4v) is 4.38. The molecule has 1 aliphatic heterocycles. The van der Waals surface area contributed by atoms with Gasteiger partial charge >= 0.3 is 0 Å². The van der Waals surface area contributed by atoms with Crippen LogP contribution in [0.25, 0.3) is 10.9 Å². The van der Waals surface area contributed by atoms with Crippen LogP contribution in [0.4, 0.5) is 0 Å². The average Bonchev–Trinajstić information content (AvgIpc) is 3.30. The highest BCUT2D eigenvalue weighted by Gasteiger charge is 2.31. The van der Waals surface area contributed by atoms with Crippen LogP contribution in [0.2, 0.25) is 0 Å². The van der Waals surface area contributed by atoms with Crippen molar-refractivity contribution in [1.82, 2.24) is 15.2 Å². The van der Waals surface area contributed by atoms with E-state index in [1.807, 2.05) is 44.3 Å². The Morgan fingerprint density at radius 1 is 1.19 bits per heavy atom. The summed E-state index contributed by atoms with van der Waals surface area (Å²) in [7, 11) is 1.47. The first-order valence-corrected chi connectivity index (χ1v) is 12.5. The van der Waals surface area contributed by atoms with Gasteiger partial charge in [0, 0.05) is 43.7 Å². The molecule has 0 bridgehead atoms. The van der Waals surface area contributed by atoms with Crippen molar-refractivity contribution in [2.45, 2.75) is 51.5 Å². The van der Waals surface area contributed by atoms with Gasteiger partial charge in [-0.15, -0.1) is 0 Å². The summed E-state index contributed by atoms with van der Waals surface area (Å²) in [6, 6.07) is 6.95. The molecule has 4 N–H and O–H groups in total. The number of oxime groups is 1. The van der Waals surface area contributed by atoms with Gasteiger partial charge in [0.15, 0.2) is 6.61 Å². The van der Waals surface area contributed by atoms with E-state index < -0.39 is 36.9 Å². The number of aliphatic hydroxyl groups is 2. The van der Waals surface area contributed by atoms with Gasteiger partial charge < -0.3 is 39.7 Å². The van der Waals surface area contributed by atoms with E-state index in [1.54, 1.807) is 4.90 Å². The number of nitrogens with zero attached hydrogens (tertiary/aromatic N) is 2. The molecule has 1 aromatic heterocycles. The lowest BCUT2D eigenvalue weighted by Crippen LogP contribution is -2.53. The number of morpholine rings is 1. The molecule has 37 heavy (non-hydrogen) atoms. The Morgan fingerprint density at radius 2 is 1.89 bits per heavy atom. The number of carbonyl (C=O) groups is 2. The molecule has 11 heteroatoms. The number of rotatable bonds is 12. The zero-order valence-corrected chi connectivity index (χ0v) is 21.8. The van der Waals surface area contributed by atoms with Crippen LogP contribution in [-0.2, 0) is 30.3 Å². The number of carbonyl (C=O) groups excluding carboxylic acids is 2. The van der Waals surface area contributed by atoms with E-state index >= 15 is 0 Å². The molecule has 1 fully saturated rings. The van der Waals surface area contributed by atoms with Gasteiger partial charge in [0.1, 0.15) is 24.0 Å². The fraction of sp³-hybridized carbons (Fsp3) is 0.577. The molecular weight excluding hydrogens is 480 g/mol. The van der Waals surface area contributed by atoms with Crippen molar-refractivity contribution in [3.8, 4) is 0 Å². The predicted molar refractivity (Wildman–Crippen MR) is 138 cm³/mol. The van der Waals surface area contributed by atoms with E-state index in [1.165, 1.54) is 14.0 Å². The topological polar surface area (TPSA) is 146 Å². The third-order valence-corrected chi connectivity index (χ3v) is 6.33. The monoisotopic (exact) mass is 518 g/mol. The number of H-pyrrole nitrogens is 1. The Kier molecular flexibility index (Phi) is 10.4. The second kappa shape index (κ2) is 13.5. The second-order valence-corrected chi connectivity index (χ2v) is 9.50. The zero-order chi connectivity index (χ0) is 26.9. The largest absolute Gasteiger partial charge is 0.390 e. The molecule has 0 aliphatic carbocycles. The van der Waals surface area contributed by atoms with Gasteiger partial charge in [0.05, 0.1) is 19.3 Å². The molecule has 3 rings (SSSR count). The summed E-state index contributed by atoms with van der Waals surface area (Å²) in [6.07, 6.45) is -0.921. The minimum Gasteiger partial charge on any atom is -0.390 e. The van der Waals surface area contributed by atoms with Crippen LogP contribution >= 0.6 is 0 Å². The quantitative estimate of drug-likeness (QED) is 0.241.